The minimum absolute atomic E-state index is 0.0216. The van der Waals surface area contributed by atoms with Gasteiger partial charge in [-0.1, -0.05) is 35.9 Å². The fourth-order valence-electron chi connectivity index (χ4n) is 5.21. The number of carbonyl (C=O) groups excluding carboxylic acids is 2. The number of Topliss-reactive ketones (excluding diaryl/α,β-unsaturated/α-hetero) is 1. The van der Waals surface area contributed by atoms with E-state index in [0.29, 0.717) is 39.9 Å². The number of hydrogen-bond acceptors (Lipinski definition) is 5. The van der Waals surface area contributed by atoms with Crippen molar-refractivity contribution in [2.75, 3.05) is 18.6 Å². The first-order valence-electron chi connectivity index (χ1n) is 12.4. The highest BCUT2D eigenvalue weighted by atomic mass is 35.5. The number of ketones is 1. The van der Waals surface area contributed by atoms with Crippen LogP contribution in [0.25, 0.3) is 5.76 Å². The van der Waals surface area contributed by atoms with Crippen LogP contribution in [0.15, 0.2) is 66.2 Å². The van der Waals surface area contributed by atoms with Crippen molar-refractivity contribution in [2.45, 2.75) is 38.6 Å². The molecule has 1 heterocycles. The second kappa shape index (κ2) is 10.3. The molecular weight excluding hydrogens is 490 g/mol. The minimum atomic E-state index is -0.889. The Balaban J connectivity index is 1.71. The number of halogens is 1. The Labute approximate surface area is 221 Å². The number of nitrogens with zero attached hydrogens (tertiary/aromatic N) is 1. The standard InChI is InChI=1S/C30H28ClNO5/c1-3-37-25-16-20(13-14-24(25)36-2)27-26(28(33)21-12-11-18-7-4-5-8-19(18)15-21)29(34)30(35)32(27)23-10-6-9-22(31)17-23/h6,9-17,27,33H,3-5,7-8H2,1-2H3/b28-26+. The lowest BCUT2D eigenvalue weighted by atomic mass is 9.88. The Morgan fingerprint density at radius 3 is 2.51 bits per heavy atom. The number of hydrogen-bond donors (Lipinski definition) is 1. The maximum absolute atomic E-state index is 13.5. The van der Waals surface area contributed by atoms with Crippen LogP contribution in [0.5, 0.6) is 11.5 Å². The number of aliphatic hydroxyl groups excluding tert-OH is 1. The van der Waals surface area contributed by atoms with Crippen molar-refractivity contribution in [1.29, 1.82) is 0 Å². The maximum atomic E-state index is 13.5. The van der Waals surface area contributed by atoms with Crippen molar-refractivity contribution >= 4 is 34.7 Å². The number of methoxy groups -OCH3 is 1. The lowest BCUT2D eigenvalue weighted by molar-refractivity contribution is -0.132. The van der Waals surface area contributed by atoms with Gasteiger partial charge in [0, 0.05) is 16.3 Å². The molecule has 37 heavy (non-hydrogen) atoms. The van der Waals surface area contributed by atoms with E-state index in [1.165, 1.54) is 16.0 Å². The van der Waals surface area contributed by atoms with Crippen LogP contribution in [-0.2, 0) is 22.4 Å². The first-order valence-corrected chi connectivity index (χ1v) is 12.8. The fraction of sp³-hybridized carbons (Fsp3) is 0.267. The molecule has 6 nitrogen and oxygen atoms in total. The summed E-state index contributed by atoms with van der Waals surface area (Å²) in [6, 6.07) is 16.9. The third-order valence-corrected chi connectivity index (χ3v) is 7.19. The van der Waals surface area contributed by atoms with Crippen molar-refractivity contribution < 1.29 is 24.2 Å². The molecule has 1 fully saturated rings. The molecule has 3 aromatic rings. The van der Waals surface area contributed by atoms with Crippen LogP contribution in [0.2, 0.25) is 5.02 Å². The second-order valence-corrected chi connectivity index (χ2v) is 9.62. The van der Waals surface area contributed by atoms with Gasteiger partial charge in [-0.2, -0.15) is 0 Å². The molecule has 1 saturated heterocycles. The summed E-state index contributed by atoms with van der Waals surface area (Å²) in [5.74, 6) is -0.683. The lowest BCUT2D eigenvalue weighted by Gasteiger charge is -2.26. The highest BCUT2D eigenvalue weighted by Crippen LogP contribution is 2.44. The van der Waals surface area contributed by atoms with Crippen molar-refractivity contribution in [3.8, 4) is 11.5 Å². The van der Waals surface area contributed by atoms with E-state index in [2.05, 4.69) is 0 Å². The van der Waals surface area contributed by atoms with Crippen molar-refractivity contribution in [3.63, 3.8) is 0 Å². The molecule has 1 atom stereocenters. The van der Waals surface area contributed by atoms with Crippen LogP contribution >= 0.6 is 11.6 Å². The summed E-state index contributed by atoms with van der Waals surface area (Å²) in [7, 11) is 1.55. The Morgan fingerprint density at radius 2 is 1.78 bits per heavy atom. The molecule has 190 valence electrons. The third kappa shape index (κ3) is 4.58. The smallest absolute Gasteiger partial charge is 0.300 e. The van der Waals surface area contributed by atoms with Crippen LogP contribution in [0.4, 0.5) is 5.69 Å². The molecule has 1 aliphatic carbocycles. The molecule has 3 aromatic carbocycles. The van der Waals surface area contributed by atoms with Gasteiger partial charge in [-0.3, -0.25) is 14.5 Å². The molecule has 0 spiro atoms. The third-order valence-electron chi connectivity index (χ3n) is 6.96. The number of carbonyl (C=O) groups is 2. The van der Waals surface area contributed by atoms with Crippen LogP contribution in [0, 0.1) is 0 Å². The summed E-state index contributed by atoms with van der Waals surface area (Å²) in [5.41, 5.74) is 4.02. The van der Waals surface area contributed by atoms with Crippen molar-refractivity contribution in [2.24, 2.45) is 0 Å². The zero-order valence-electron chi connectivity index (χ0n) is 20.8. The normalized spacial score (nSPS) is 18.6. The number of anilines is 1. The van der Waals surface area contributed by atoms with Crippen LogP contribution in [0.3, 0.4) is 0 Å². The van der Waals surface area contributed by atoms with E-state index in [4.69, 9.17) is 21.1 Å². The topological polar surface area (TPSA) is 76.1 Å². The summed E-state index contributed by atoms with van der Waals surface area (Å²) in [6.45, 7) is 2.27. The van der Waals surface area contributed by atoms with Gasteiger partial charge in [0.15, 0.2) is 11.5 Å². The number of fused-ring (bicyclic) bond motifs is 1. The summed E-state index contributed by atoms with van der Waals surface area (Å²) in [5, 5.41) is 12.0. The van der Waals surface area contributed by atoms with Crippen LogP contribution in [-0.4, -0.2) is 30.5 Å². The number of benzene rings is 3. The molecule has 1 amide bonds. The lowest BCUT2D eigenvalue weighted by Crippen LogP contribution is -2.29. The maximum Gasteiger partial charge on any atom is 0.300 e. The quantitative estimate of drug-likeness (QED) is 0.237. The van der Waals surface area contributed by atoms with Gasteiger partial charge in [-0.25, -0.2) is 0 Å². The van der Waals surface area contributed by atoms with Gasteiger partial charge in [-0.15, -0.1) is 0 Å². The second-order valence-electron chi connectivity index (χ2n) is 9.18. The van der Waals surface area contributed by atoms with E-state index in [0.717, 1.165) is 25.7 Å². The zero-order chi connectivity index (χ0) is 26.1. The van der Waals surface area contributed by atoms with Crippen LogP contribution in [0.1, 0.15) is 48.1 Å². The number of aliphatic hydroxyl groups is 1. The van der Waals surface area contributed by atoms with E-state index in [1.807, 2.05) is 25.1 Å². The van der Waals surface area contributed by atoms with E-state index < -0.39 is 17.7 Å². The monoisotopic (exact) mass is 517 g/mol. The average molecular weight is 518 g/mol. The Hall–Kier alpha value is -3.77. The summed E-state index contributed by atoms with van der Waals surface area (Å²) < 4.78 is 11.2. The van der Waals surface area contributed by atoms with Crippen LogP contribution < -0.4 is 14.4 Å². The molecule has 1 unspecified atom stereocenters. The molecule has 1 N–H and O–H groups in total. The zero-order valence-corrected chi connectivity index (χ0v) is 21.5. The van der Waals surface area contributed by atoms with Crippen molar-refractivity contribution in [1.82, 2.24) is 0 Å². The van der Waals surface area contributed by atoms with Gasteiger partial charge in [0.2, 0.25) is 0 Å². The first kappa shape index (κ1) is 24.9. The molecular formula is C30H28ClNO5. The molecule has 0 aromatic heterocycles. The Bertz CT molecular complexity index is 1410. The predicted molar refractivity (Wildman–Crippen MR) is 143 cm³/mol. The molecule has 0 radical (unpaired) electrons. The number of amides is 1. The fourth-order valence-corrected chi connectivity index (χ4v) is 5.39. The molecule has 7 heteroatoms. The SMILES string of the molecule is CCOc1cc(C2/C(=C(\O)c3ccc4c(c3)CCCC4)C(=O)C(=O)N2c2cccc(Cl)c2)ccc1OC. The molecule has 0 saturated carbocycles. The number of ether oxygens (including phenoxy) is 2. The number of aryl methyl sites for hydroxylation is 2. The Morgan fingerprint density at radius 1 is 1.00 bits per heavy atom. The average Bonchev–Trinajstić information content (AvgIpc) is 3.18. The molecule has 1 aliphatic heterocycles. The molecule has 2 aliphatic rings. The van der Waals surface area contributed by atoms with Gasteiger partial charge in [0.05, 0.1) is 25.3 Å². The summed E-state index contributed by atoms with van der Waals surface area (Å²) in [6.07, 6.45) is 4.15. The highest BCUT2D eigenvalue weighted by Gasteiger charge is 2.47. The van der Waals surface area contributed by atoms with E-state index in [1.54, 1.807) is 49.6 Å². The summed E-state index contributed by atoms with van der Waals surface area (Å²) in [4.78, 5) is 28.3. The predicted octanol–water partition coefficient (Wildman–Crippen LogP) is 6.25. The van der Waals surface area contributed by atoms with Gasteiger partial charge >= 0.3 is 0 Å². The van der Waals surface area contributed by atoms with Crippen molar-refractivity contribution in [3.05, 3.63) is 93.5 Å². The van der Waals surface area contributed by atoms with Gasteiger partial charge in [-0.05, 0) is 85.7 Å². The van der Waals surface area contributed by atoms with Gasteiger partial charge < -0.3 is 14.6 Å². The minimum Gasteiger partial charge on any atom is -0.507 e. The molecule has 0 bridgehead atoms. The molecule has 5 rings (SSSR count). The van der Waals surface area contributed by atoms with E-state index >= 15 is 0 Å². The van der Waals surface area contributed by atoms with Gasteiger partial charge in [0.1, 0.15) is 5.76 Å². The Kier molecular flexibility index (Phi) is 6.94. The largest absolute Gasteiger partial charge is 0.507 e. The highest BCUT2D eigenvalue weighted by molar-refractivity contribution is 6.51. The number of rotatable bonds is 6. The van der Waals surface area contributed by atoms with E-state index in [-0.39, 0.29) is 11.3 Å². The first-order chi connectivity index (χ1) is 17.9. The van der Waals surface area contributed by atoms with Gasteiger partial charge in [0.25, 0.3) is 11.7 Å². The van der Waals surface area contributed by atoms with E-state index in [9.17, 15) is 14.7 Å². The summed E-state index contributed by atoms with van der Waals surface area (Å²) >= 11 is 6.25.